The van der Waals surface area contributed by atoms with Gasteiger partial charge in [0.1, 0.15) is 12.1 Å². The molecule has 1 aliphatic heterocycles. The van der Waals surface area contributed by atoms with Gasteiger partial charge in [-0.3, -0.25) is 0 Å². The van der Waals surface area contributed by atoms with Gasteiger partial charge in [0.05, 0.1) is 22.4 Å². The summed E-state index contributed by atoms with van der Waals surface area (Å²) in [5.41, 5.74) is 7.19. The van der Waals surface area contributed by atoms with Gasteiger partial charge < -0.3 is 15.2 Å². The quantitative estimate of drug-likeness (QED) is 0.816. The van der Waals surface area contributed by atoms with Crippen LogP contribution in [0.2, 0.25) is 0 Å². The van der Waals surface area contributed by atoms with Gasteiger partial charge in [0, 0.05) is 19.2 Å². The number of anilines is 2. The molecule has 18 heavy (non-hydrogen) atoms. The second kappa shape index (κ2) is 4.24. The van der Waals surface area contributed by atoms with Crippen LogP contribution in [0, 0.1) is 5.82 Å². The molecule has 0 spiro atoms. The second-order valence-corrected chi connectivity index (χ2v) is 5.04. The van der Waals surface area contributed by atoms with Crippen LogP contribution in [0.4, 0.5) is 15.8 Å². The summed E-state index contributed by atoms with van der Waals surface area (Å²) >= 11 is 3.12. The first-order valence-electron chi connectivity index (χ1n) is 5.51. The number of nitrogens with zero attached hydrogens (tertiary/aromatic N) is 4. The molecule has 0 saturated heterocycles. The molecule has 0 aliphatic carbocycles. The highest BCUT2D eigenvalue weighted by atomic mass is 79.9. The zero-order valence-electron chi connectivity index (χ0n) is 9.48. The average Bonchev–Trinajstić information content (AvgIpc) is 2.80. The van der Waals surface area contributed by atoms with Crippen molar-refractivity contribution in [1.29, 1.82) is 0 Å². The molecular weight excluding hydrogens is 301 g/mol. The highest BCUT2D eigenvalue weighted by Crippen LogP contribution is 2.31. The van der Waals surface area contributed by atoms with Crippen LogP contribution >= 0.6 is 15.9 Å². The highest BCUT2D eigenvalue weighted by Gasteiger charge is 2.20. The number of hydrogen-bond acceptors (Lipinski definition) is 4. The Morgan fingerprint density at radius 3 is 3.00 bits per heavy atom. The van der Waals surface area contributed by atoms with Crippen molar-refractivity contribution in [3.05, 3.63) is 34.6 Å². The summed E-state index contributed by atoms with van der Waals surface area (Å²) in [5, 5.41) is 7.89. The largest absolute Gasteiger partial charge is 0.397 e. The van der Waals surface area contributed by atoms with Gasteiger partial charge in [0.25, 0.3) is 0 Å². The maximum Gasteiger partial charge on any atom is 0.152 e. The van der Waals surface area contributed by atoms with E-state index >= 15 is 0 Å². The van der Waals surface area contributed by atoms with Crippen LogP contribution in [0.3, 0.4) is 0 Å². The molecule has 1 aliphatic rings. The zero-order valence-corrected chi connectivity index (χ0v) is 11.1. The van der Waals surface area contributed by atoms with Crippen LogP contribution < -0.4 is 10.6 Å². The fourth-order valence-corrected chi connectivity index (χ4v) is 2.46. The van der Waals surface area contributed by atoms with E-state index in [2.05, 4.69) is 26.1 Å². The lowest BCUT2D eigenvalue weighted by molar-refractivity contribution is 0.557. The Balaban J connectivity index is 1.95. The maximum absolute atomic E-state index is 13.6. The summed E-state index contributed by atoms with van der Waals surface area (Å²) in [5.74, 6) is 0.551. The van der Waals surface area contributed by atoms with Gasteiger partial charge in [0.2, 0.25) is 0 Å². The number of nitrogens with two attached hydrogens (primary N) is 1. The van der Waals surface area contributed by atoms with Crippen molar-refractivity contribution in [3.8, 4) is 0 Å². The third kappa shape index (κ3) is 1.84. The topological polar surface area (TPSA) is 60.0 Å². The molecule has 0 atom stereocenters. The summed E-state index contributed by atoms with van der Waals surface area (Å²) in [6, 6.07) is 3.04. The lowest BCUT2D eigenvalue weighted by atomic mass is 10.2. The van der Waals surface area contributed by atoms with E-state index in [1.807, 2.05) is 9.47 Å². The highest BCUT2D eigenvalue weighted by molar-refractivity contribution is 9.10. The van der Waals surface area contributed by atoms with Crippen molar-refractivity contribution in [1.82, 2.24) is 14.8 Å². The number of hydrogen-bond donors (Lipinski definition) is 1. The van der Waals surface area contributed by atoms with Gasteiger partial charge >= 0.3 is 0 Å². The summed E-state index contributed by atoms with van der Waals surface area (Å²) < 4.78 is 16.0. The van der Waals surface area contributed by atoms with Gasteiger partial charge in [0.15, 0.2) is 5.82 Å². The molecule has 5 nitrogen and oxygen atoms in total. The van der Waals surface area contributed by atoms with E-state index in [0.29, 0.717) is 22.4 Å². The van der Waals surface area contributed by atoms with Crippen molar-refractivity contribution in [2.75, 3.05) is 17.2 Å². The summed E-state index contributed by atoms with van der Waals surface area (Å²) in [6.07, 6.45) is 1.71. The summed E-state index contributed by atoms with van der Waals surface area (Å²) in [7, 11) is 0. The molecule has 3 rings (SSSR count). The SMILES string of the molecule is Nc1cc(Br)c(F)cc1N1CCn2cnnc2C1. The Kier molecular flexibility index (Phi) is 2.70. The fourth-order valence-electron chi connectivity index (χ4n) is 2.10. The number of rotatable bonds is 1. The molecule has 0 radical (unpaired) electrons. The minimum Gasteiger partial charge on any atom is -0.397 e. The molecule has 1 aromatic heterocycles. The van der Waals surface area contributed by atoms with Crippen LogP contribution in [-0.2, 0) is 13.1 Å². The van der Waals surface area contributed by atoms with Crippen molar-refractivity contribution < 1.29 is 4.39 Å². The Bertz CT molecular complexity index is 597. The standard InChI is InChI=1S/C11H11BrFN5/c12-7-3-9(14)10(4-8(7)13)17-1-2-18-6-15-16-11(18)5-17/h3-4,6H,1-2,5,14H2. The van der Waals surface area contributed by atoms with Gasteiger partial charge in [-0.2, -0.15) is 0 Å². The predicted octanol–water partition coefficient (Wildman–Crippen LogP) is 1.78. The molecule has 0 saturated carbocycles. The molecular formula is C11H11BrFN5. The molecule has 2 heterocycles. The van der Waals surface area contributed by atoms with Gasteiger partial charge in [-0.25, -0.2) is 4.39 Å². The molecule has 94 valence electrons. The van der Waals surface area contributed by atoms with Gasteiger partial charge in [-0.05, 0) is 22.0 Å². The first kappa shape index (κ1) is 11.5. The monoisotopic (exact) mass is 311 g/mol. The van der Waals surface area contributed by atoms with E-state index in [0.717, 1.165) is 18.9 Å². The number of nitrogen functional groups attached to an aromatic ring is 1. The van der Waals surface area contributed by atoms with Crippen LogP contribution in [0.5, 0.6) is 0 Å². The summed E-state index contributed by atoms with van der Waals surface area (Å²) in [4.78, 5) is 2.01. The lowest BCUT2D eigenvalue weighted by Crippen LogP contribution is -2.34. The van der Waals surface area contributed by atoms with E-state index < -0.39 is 0 Å². The lowest BCUT2D eigenvalue weighted by Gasteiger charge is -2.30. The normalized spacial score (nSPS) is 14.7. The van der Waals surface area contributed by atoms with E-state index in [-0.39, 0.29) is 5.82 Å². The van der Waals surface area contributed by atoms with Gasteiger partial charge in [-0.15, -0.1) is 10.2 Å². The van der Waals surface area contributed by atoms with Crippen LogP contribution in [0.25, 0.3) is 0 Å². The molecule has 2 aromatic rings. The van der Waals surface area contributed by atoms with Crippen LogP contribution in [0.1, 0.15) is 5.82 Å². The molecule has 0 unspecified atom stereocenters. The van der Waals surface area contributed by atoms with Crippen LogP contribution in [-0.4, -0.2) is 21.3 Å². The number of fused-ring (bicyclic) bond motifs is 1. The van der Waals surface area contributed by atoms with Gasteiger partial charge in [-0.1, -0.05) is 0 Å². The van der Waals surface area contributed by atoms with Crippen molar-refractivity contribution in [3.63, 3.8) is 0 Å². The predicted molar refractivity (Wildman–Crippen MR) is 69.6 cm³/mol. The van der Waals surface area contributed by atoms with Crippen molar-refractivity contribution in [2.24, 2.45) is 0 Å². The zero-order chi connectivity index (χ0) is 12.7. The third-order valence-corrected chi connectivity index (χ3v) is 3.66. The van der Waals surface area contributed by atoms with E-state index in [9.17, 15) is 4.39 Å². The van der Waals surface area contributed by atoms with Crippen LogP contribution in [0.15, 0.2) is 22.9 Å². The van der Waals surface area contributed by atoms with E-state index in [4.69, 9.17) is 5.73 Å². The van der Waals surface area contributed by atoms with Crippen molar-refractivity contribution in [2.45, 2.75) is 13.1 Å². The molecule has 0 bridgehead atoms. The summed E-state index contributed by atoms with van der Waals surface area (Å²) in [6.45, 7) is 2.13. The number of benzene rings is 1. The molecule has 2 N–H and O–H groups in total. The maximum atomic E-state index is 13.6. The number of halogens is 2. The smallest absolute Gasteiger partial charge is 0.152 e. The molecule has 0 amide bonds. The Morgan fingerprint density at radius 2 is 2.17 bits per heavy atom. The molecule has 1 aromatic carbocycles. The Labute approximate surface area is 112 Å². The molecule has 7 heteroatoms. The van der Waals surface area contributed by atoms with E-state index in [1.165, 1.54) is 6.07 Å². The number of aromatic nitrogens is 3. The minimum atomic E-state index is -0.314. The second-order valence-electron chi connectivity index (χ2n) is 4.19. The Hall–Kier alpha value is -1.63. The fraction of sp³-hybridized carbons (Fsp3) is 0.273. The van der Waals surface area contributed by atoms with E-state index in [1.54, 1.807) is 12.4 Å². The van der Waals surface area contributed by atoms with Crippen molar-refractivity contribution >= 4 is 27.3 Å². The average molecular weight is 312 g/mol. The molecule has 0 fully saturated rings. The first-order chi connectivity index (χ1) is 8.65. The Morgan fingerprint density at radius 1 is 1.33 bits per heavy atom. The third-order valence-electron chi connectivity index (χ3n) is 3.05. The minimum absolute atomic E-state index is 0.314. The first-order valence-corrected chi connectivity index (χ1v) is 6.30.